The van der Waals surface area contributed by atoms with Crippen LogP contribution in [-0.4, -0.2) is 48.6 Å². The molecule has 5 nitrogen and oxygen atoms in total. The van der Waals surface area contributed by atoms with Crippen molar-refractivity contribution in [3.63, 3.8) is 0 Å². The Hall–Kier alpha value is -1.76. The minimum atomic E-state index is -0.878. The predicted octanol–water partition coefficient (Wildman–Crippen LogP) is 1.98. The smallest absolute Gasteiger partial charge is 0.250 e. The third-order valence-electron chi connectivity index (χ3n) is 4.01. The van der Waals surface area contributed by atoms with Gasteiger partial charge in [-0.3, -0.25) is 4.79 Å². The Kier molecular flexibility index (Phi) is 5.51. The maximum Gasteiger partial charge on any atom is 0.250 e. The van der Waals surface area contributed by atoms with E-state index in [2.05, 4.69) is 22.2 Å². The van der Waals surface area contributed by atoms with Crippen LogP contribution in [-0.2, 0) is 4.79 Å². The quantitative estimate of drug-likeness (QED) is 0.898. The summed E-state index contributed by atoms with van der Waals surface area (Å²) in [5.41, 5.74) is -0.841. The molecule has 1 saturated heterocycles. The molecule has 0 radical (unpaired) electrons. The zero-order chi connectivity index (χ0) is 17.0. The van der Waals surface area contributed by atoms with Crippen molar-refractivity contribution in [1.29, 1.82) is 0 Å². The van der Waals surface area contributed by atoms with Crippen LogP contribution in [0.5, 0.6) is 5.88 Å². The monoisotopic (exact) mass is 327 g/mol. The summed E-state index contributed by atoms with van der Waals surface area (Å²) in [5, 5.41) is 3.02. The van der Waals surface area contributed by atoms with E-state index in [4.69, 9.17) is 4.74 Å². The third kappa shape index (κ3) is 4.86. The molecule has 1 aromatic heterocycles. The third-order valence-corrected chi connectivity index (χ3v) is 4.01. The van der Waals surface area contributed by atoms with Gasteiger partial charge in [-0.15, -0.1) is 0 Å². The van der Waals surface area contributed by atoms with Crippen molar-refractivity contribution in [1.82, 2.24) is 15.2 Å². The summed E-state index contributed by atoms with van der Waals surface area (Å²) in [4.78, 5) is 18.2. The summed E-state index contributed by atoms with van der Waals surface area (Å²) < 4.78 is 31.6. The van der Waals surface area contributed by atoms with Crippen molar-refractivity contribution in [2.45, 2.75) is 32.7 Å². The van der Waals surface area contributed by atoms with Crippen LogP contribution in [0, 0.1) is 17.0 Å². The molecule has 1 fully saturated rings. The summed E-state index contributed by atoms with van der Waals surface area (Å²) in [6.07, 6.45) is 2.70. The Morgan fingerprint density at radius 2 is 2.09 bits per heavy atom. The van der Waals surface area contributed by atoms with Crippen LogP contribution in [0.1, 0.15) is 26.7 Å². The predicted molar refractivity (Wildman–Crippen MR) is 82.1 cm³/mol. The van der Waals surface area contributed by atoms with Gasteiger partial charge in [0.15, 0.2) is 5.82 Å². The highest BCUT2D eigenvalue weighted by atomic mass is 19.1. The topological polar surface area (TPSA) is 54.5 Å². The molecule has 0 aliphatic carbocycles. The Labute approximate surface area is 135 Å². The molecule has 7 heteroatoms. The number of hydrogen-bond donors (Lipinski definition) is 1. The first kappa shape index (κ1) is 17.6. The minimum absolute atomic E-state index is 0.0407. The van der Waals surface area contributed by atoms with Gasteiger partial charge in [-0.25, -0.2) is 13.8 Å². The van der Waals surface area contributed by atoms with E-state index in [9.17, 15) is 13.6 Å². The second-order valence-corrected chi connectivity index (χ2v) is 6.66. The van der Waals surface area contributed by atoms with Gasteiger partial charge in [0, 0.05) is 12.1 Å². The first-order chi connectivity index (χ1) is 10.8. The van der Waals surface area contributed by atoms with Crippen molar-refractivity contribution in [3.05, 3.63) is 23.9 Å². The number of carbonyl (C=O) groups is 1. The number of carbonyl (C=O) groups excluding carboxylic acids is 1. The summed E-state index contributed by atoms with van der Waals surface area (Å²) >= 11 is 0. The zero-order valence-electron chi connectivity index (χ0n) is 13.7. The SMILES string of the molecule is CN1CCC(NC(=O)C(C)(C)COc2ncc(F)cc2F)CC1. The lowest BCUT2D eigenvalue weighted by molar-refractivity contribution is -0.132. The fourth-order valence-electron chi connectivity index (χ4n) is 2.36. The second kappa shape index (κ2) is 7.21. The number of nitrogens with zero attached hydrogens (tertiary/aromatic N) is 2. The van der Waals surface area contributed by atoms with Crippen molar-refractivity contribution in [3.8, 4) is 5.88 Å². The number of hydrogen-bond acceptors (Lipinski definition) is 4. The van der Waals surface area contributed by atoms with E-state index < -0.39 is 17.0 Å². The second-order valence-electron chi connectivity index (χ2n) is 6.66. The first-order valence-corrected chi connectivity index (χ1v) is 7.71. The molecule has 0 saturated carbocycles. The molecule has 0 atom stereocenters. The maximum atomic E-state index is 13.5. The number of nitrogens with one attached hydrogen (secondary N) is 1. The maximum absolute atomic E-state index is 13.5. The molecule has 23 heavy (non-hydrogen) atoms. The van der Waals surface area contributed by atoms with Crippen LogP contribution in [0.15, 0.2) is 12.3 Å². The highest BCUT2D eigenvalue weighted by Gasteiger charge is 2.31. The number of halogens is 2. The molecule has 2 heterocycles. The molecule has 2 rings (SSSR count). The zero-order valence-corrected chi connectivity index (χ0v) is 13.7. The fraction of sp³-hybridized carbons (Fsp3) is 0.625. The number of ether oxygens (including phenoxy) is 1. The van der Waals surface area contributed by atoms with Gasteiger partial charge in [0.05, 0.1) is 11.6 Å². The molecule has 0 spiro atoms. The highest BCUT2D eigenvalue weighted by molar-refractivity contribution is 5.82. The molecule has 1 N–H and O–H groups in total. The van der Waals surface area contributed by atoms with Crippen molar-refractivity contribution in [2.75, 3.05) is 26.7 Å². The molecule has 1 aliphatic heterocycles. The molecule has 128 valence electrons. The van der Waals surface area contributed by atoms with Crippen LogP contribution in [0.4, 0.5) is 8.78 Å². The van der Waals surface area contributed by atoms with E-state index in [1.165, 1.54) is 0 Å². The van der Waals surface area contributed by atoms with Gasteiger partial charge < -0.3 is 15.0 Å². The van der Waals surface area contributed by atoms with Gasteiger partial charge in [0.2, 0.25) is 5.91 Å². The van der Waals surface area contributed by atoms with Crippen LogP contribution in [0.3, 0.4) is 0 Å². The van der Waals surface area contributed by atoms with Gasteiger partial charge in [-0.05, 0) is 46.8 Å². The van der Waals surface area contributed by atoms with Crippen molar-refractivity contribution >= 4 is 5.91 Å². The minimum Gasteiger partial charge on any atom is -0.474 e. The molecule has 1 amide bonds. The largest absolute Gasteiger partial charge is 0.474 e. The number of likely N-dealkylation sites (tertiary alicyclic amines) is 1. The van der Waals surface area contributed by atoms with Crippen LogP contribution >= 0.6 is 0 Å². The summed E-state index contributed by atoms with van der Waals surface area (Å²) in [6.45, 7) is 5.30. The Morgan fingerprint density at radius 3 is 2.70 bits per heavy atom. The molecular weight excluding hydrogens is 304 g/mol. The summed E-state index contributed by atoms with van der Waals surface area (Å²) in [5.74, 6) is -2.09. The van der Waals surface area contributed by atoms with E-state index in [0.717, 1.165) is 32.1 Å². The molecular formula is C16H23F2N3O2. The lowest BCUT2D eigenvalue weighted by Gasteiger charge is -2.32. The van der Waals surface area contributed by atoms with E-state index in [0.29, 0.717) is 6.07 Å². The Bertz CT molecular complexity index is 558. The number of aromatic nitrogens is 1. The lowest BCUT2D eigenvalue weighted by atomic mass is 9.92. The fourth-order valence-corrected chi connectivity index (χ4v) is 2.36. The van der Waals surface area contributed by atoms with E-state index in [1.807, 2.05) is 0 Å². The molecule has 1 aromatic rings. The number of pyridine rings is 1. The van der Waals surface area contributed by atoms with Crippen LogP contribution in [0.2, 0.25) is 0 Å². The molecule has 0 unspecified atom stereocenters. The molecule has 0 bridgehead atoms. The molecule has 0 aromatic carbocycles. The van der Waals surface area contributed by atoms with E-state index in [1.54, 1.807) is 13.8 Å². The highest BCUT2D eigenvalue weighted by Crippen LogP contribution is 2.21. The van der Waals surface area contributed by atoms with Gasteiger partial charge in [-0.2, -0.15) is 0 Å². The number of amides is 1. The normalized spacial score (nSPS) is 17.1. The van der Waals surface area contributed by atoms with E-state index >= 15 is 0 Å². The number of rotatable bonds is 5. The Morgan fingerprint density at radius 1 is 1.43 bits per heavy atom. The van der Waals surface area contributed by atoms with Gasteiger partial charge in [0.1, 0.15) is 12.4 Å². The van der Waals surface area contributed by atoms with Crippen LogP contribution < -0.4 is 10.1 Å². The Balaban J connectivity index is 1.88. The van der Waals surface area contributed by atoms with Gasteiger partial charge >= 0.3 is 0 Å². The summed E-state index contributed by atoms with van der Waals surface area (Å²) in [6, 6.07) is 0.854. The molecule has 1 aliphatic rings. The average molecular weight is 327 g/mol. The van der Waals surface area contributed by atoms with Crippen LogP contribution in [0.25, 0.3) is 0 Å². The van der Waals surface area contributed by atoms with Gasteiger partial charge in [-0.1, -0.05) is 0 Å². The van der Waals surface area contributed by atoms with Crippen molar-refractivity contribution in [2.24, 2.45) is 5.41 Å². The average Bonchev–Trinajstić information content (AvgIpc) is 2.48. The summed E-state index contributed by atoms with van der Waals surface area (Å²) in [7, 11) is 2.06. The van der Waals surface area contributed by atoms with E-state index in [-0.39, 0.29) is 24.4 Å². The number of piperidine rings is 1. The lowest BCUT2D eigenvalue weighted by Crippen LogP contribution is -2.49. The first-order valence-electron chi connectivity index (χ1n) is 7.71. The standard InChI is InChI=1S/C16H23F2N3O2/c1-16(2,10-23-14-13(18)8-11(17)9-19-14)15(22)20-12-4-6-21(3)7-5-12/h8-9,12H,4-7,10H2,1-3H3,(H,20,22). The van der Waals surface area contributed by atoms with Crippen molar-refractivity contribution < 1.29 is 18.3 Å². The van der Waals surface area contributed by atoms with Gasteiger partial charge in [0.25, 0.3) is 5.88 Å².